The highest BCUT2D eigenvalue weighted by molar-refractivity contribution is 6.45. The molecule has 4 rings (SSSR count). The van der Waals surface area contributed by atoms with Crippen molar-refractivity contribution in [3.63, 3.8) is 0 Å². The van der Waals surface area contributed by atoms with E-state index in [1.54, 1.807) is 19.2 Å². The first-order chi connectivity index (χ1) is 15.9. The molecule has 0 saturated heterocycles. The van der Waals surface area contributed by atoms with E-state index in [0.29, 0.717) is 40.7 Å². The summed E-state index contributed by atoms with van der Waals surface area (Å²) >= 11 is 0. The van der Waals surface area contributed by atoms with Crippen LogP contribution in [0.5, 0.6) is 5.75 Å². The topological polar surface area (TPSA) is 49.9 Å². The third-order valence-electron chi connectivity index (χ3n) is 5.90. The van der Waals surface area contributed by atoms with Gasteiger partial charge in [-0.25, -0.2) is 4.90 Å². The van der Waals surface area contributed by atoms with Gasteiger partial charge in [-0.3, -0.25) is 9.59 Å². The number of carbonyl (C=O) groups is 2. The van der Waals surface area contributed by atoms with Crippen LogP contribution in [0.25, 0.3) is 5.57 Å². The molecule has 5 nitrogen and oxygen atoms in total. The molecule has 3 aromatic rings. The number of methoxy groups -OCH3 is 1. The van der Waals surface area contributed by atoms with Crippen LogP contribution >= 0.6 is 0 Å². The molecule has 1 heterocycles. The molecule has 0 aliphatic carbocycles. The third kappa shape index (κ3) is 4.40. The molecule has 33 heavy (non-hydrogen) atoms. The van der Waals surface area contributed by atoms with Crippen LogP contribution in [0.2, 0.25) is 0 Å². The van der Waals surface area contributed by atoms with Crippen LogP contribution in [-0.4, -0.2) is 30.9 Å². The van der Waals surface area contributed by atoms with Gasteiger partial charge in [-0.15, -0.1) is 0 Å². The minimum Gasteiger partial charge on any atom is -0.497 e. The van der Waals surface area contributed by atoms with E-state index in [2.05, 4.69) is 13.8 Å². The van der Waals surface area contributed by atoms with Crippen LogP contribution in [0, 0.1) is 0 Å². The highest BCUT2D eigenvalue weighted by atomic mass is 16.5. The zero-order chi connectivity index (χ0) is 23.5. The van der Waals surface area contributed by atoms with E-state index in [-0.39, 0.29) is 11.8 Å². The summed E-state index contributed by atoms with van der Waals surface area (Å²) in [6.45, 7) is 4.73. The van der Waals surface area contributed by atoms with Gasteiger partial charge in [0.15, 0.2) is 0 Å². The van der Waals surface area contributed by atoms with Crippen molar-refractivity contribution in [2.24, 2.45) is 0 Å². The summed E-state index contributed by atoms with van der Waals surface area (Å²) in [7, 11) is 3.45. The summed E-state index contributed by atoms with van der Waals surface area (Å²) < 4.78 is 5.27. The molecule has 5 heteroatoms. The number of imide groups is 1. The van der Waals surface area contributed by atoms with Gasteiger partial charge in [-0.2, -0.15) is 0 Å². The second kappa shape index (κ2) is 9.33. The first-order valence-corrected chi connectivity index (χ1v) is 11.0. The van der Waals surface area contributed by atoms with E-state index in [9.17, 15) is 9.59 Å². The first kappa shape index (κ1) is 22.3. The number of hydrogen-bond acceptors (Lipinski definition) is 4. The second-order valence-corrected chi connectivity index (χ2v) is 8.49. The Bertz CT molecular complexity index is 1180. The minimum atomic E-state index is -0.322. The van der Waals surface area contributed by atoms with E-state index in [1.165, 1.54) is 4.90 Å². The highest BCUT2D eigenvalue weighted by Crippen LogP contribution is 2.35. The predicted molar refractivity (Wildman–Crippen MR) is 131 cm³/mol. The largest absolute Gasteiger partial charge is 0.497 e. The van der Waals surface area contributed by atoms with Gasteiger partial charge in [0.1, 0.15) is 11.4 Å². The molecule has 0 radical (unpaired) electrons. The smallest absolute Gasteiger partial charge is 0.282 e. The summed E-state index contributed by atoms with van der Waals surface area (Å²) in [5, 5.41) is 0. The standard InChI is InChI=1S/C28H28N2O3/c1-19(2)21-10-14-23(15-11-21)30-27(31)25(22-12-16-24(33-4)17-13-22)26(28(30)32)29(3)18-20-8-6-5-7-9-20/h5-17,19H,18H2,1-4H3. The molecular weight excluding hydrogens is 412 g/mol. The quantitative estimate of drug-likeness (QED) is 0.472. The summed E-state index contributed by atoms with van der Waals surface area (Å²) in [6.07, 6.45) is 0. The van der Waals surface area contributed by atoms with E-state index in [4.69, 9.17) is 4.74 Å². The number of amides is 2. The Balaban J connectivity index is 1.76. The van der Waals surface area contributed by atoms with Crippen LogP contribution in [0.4, 0.5) is 5.69 Å². The third-order valence-corrected chi connectivity index (χ3v) is 5.90. The van der Waals surface area contributed by atoms with Crippen LogP contribution < -0.4 is 9.64 Å². The Morgan fingerprint density at radius 1 is 0.848 bits per heavy atom. The number of rotatable bonds is 7. The van der Waals surface area contributed by atoms with E-state index < -0.39 is 0 Å². The van der Waals surface area contributed by atoms with Crippen molar-refractivity contribution < 1.29 is 14.3 Å². The van der Waals surface area contributed by atoms with Crippen LogP contribution in [0.1, 0.15) is 36.5 Å². The van der Waals surface area contributed by atoms with Gasteiger partial charge in [0.25, 0.3) is 11.8 Å². The van der Waals surface area contributed by atoms with Gasteiger partial charge in [0.2, 0.25) is 0 Å². The number of anilines is 1. The fourth-order valence-electron chi connectivity index (χ4n) is 4.07. The Morgan fingerprint density at radius 2 is 1.48 bits per heavy atom. The molecule has 168 valence electrons. The molecule has 1 aliphatic rings. The average Bonchev–Trinajstić information content (AvgIpc) is 3.09. The first-order valence-electron chi connectivity index (χ1n) is 11.0. The van der Waals surface area contributed by atoms with Gasteiger partial charge in [-0.1, -0.05) is 68.4 Å². The van der Waals surface area contributed by atoms with E-state index >= 15 is 0 Å². The Labute approximate surface area is 194 Å². The average molecular weight is 441 g/mol. The Kier molecular flexibility index (Phi) is 6.31. The van der Waals surface area contributed by atoms with Crippen LogP contribution in [0.15, 0.2) is 84.6 Å². The van der Waals surface area contributed by atoms with Crippen LogP contribution in [0.3, 0.4) is 0 Å². The van der Waals surface area contributed by atoms with Crippen molar-refractivity contribution in [1.29, 1.82) is 0 Å². The minimum absolute atomic E-state index is 0.318. The highest BCUT2D eigenvalue weighted by Gasteiger charge is 2.41. The molecule has 0 fully saturated rings. The molecule has 1 aliphatic heterocycles. The number of carbonyl (C=O) groups excluding carboxylic acids is 2. The molecule has 0 aromatic heterocycles. The lowest BCUT2D eigenvalue weighted by molar-refractivity contribution is -0.120. The molecule has 0 unspecified atom stereocenters. The number of benzene rings is 3. The van der Waals surface area contributed by atoms with Crippen molar-refractivity contribution in [1.82, 2.24) is 4.90 Å². The van der Waals surface area contributed by atoms with E-state index in [1.807, 2.05) is 78.7 Å². The monoisotopic (exact) mass is 440 g/mol. The lowest BCUT2D eigenvalue weighted by Gasteiger charge is -2.22. The van der Waals surface area contributed by atoms with E-state index in [0.717, 1.165) is 11.1 Å². The molecule has 0 atom stereocenters. The maximum absolute atomic E-state index is 13.7. The number of ether oxygens (including phenoxy) is 1. The number of likely N-dealkylation sites (N-methyl/N-ethyl adjacent to an activating group) is 1. The van der Waals surface area contributed by atoms with Gasteiger partial charge in [-0.05, 0) is 46.9 Å². The van der Waals surface area contributed by atoms with Gasteiger partial charge >= 0.3 is 0 Å². The summed E-state index contributed by atoms with van der Waals surface area (Å²) in [5.41, 5.74) is 4.26. The molecule has 2 amide bonds. The molecule has 0 spiro atoms. The number of nitrogens with zero attached hydrogens (tertiary/aromatic N) is 2. The van der Waals surface area contributed by atoms with Crippen LogP contribution in [-0.2, 0) is 16.1 Å². The SMILES string of the molecule is COc1ccc(C2=C(N(C)Cc3ccccc3)C(=O)N(c3ccc(C(C)C)cc3)C2=O)cc1. The maximum Gasteiger partial charge on any atom is 0.282 e. The predicted octanol–water partition coefficient (Wildman–Crippen LogP) is 5.24. The molecule has 0 bridgehead atoms. The summed E-state index contributed by atoms with van der Waals surface area (Å²) in [5.74, 6) is 0.417. The Hall–Kier alpha value is -3.86. The van der Waals surface area contributed by atoms with Gasteiger partial charge in [0.05, 0.1) is 18.4 Å². The van der Waals surface area contributed by atoms with Crippen molar-refractivity contribution in [3.8, 4) is 5.75 Å². The van der Waals surface area contributed by atoms with Crippen molar-refractivity contribution >= 4 is 23.1 Å². The van der Waals surface area contributed by atoms with Crippen molar-refractivity contribution in [3.05, 3.63) is 101 Å². The maximum atomic E-state index is 13.7. The second-order valence-electron chi connectivity index (χ2n) is 8.49. The van der Waals surface area contributed by atoms with Gasteiger partial charge in [0, 0.05) is 13.6 Å². The lowest BCUT2D eigenvalue weighted by Crippen LogP contribution is -2.34. The molecule has 0 saturated carbocycles. The van der Waals surface area contributed by atoms with Crippen molar-refractivity contribution in [2.45, 2.75) is 26.3 Å². The normalized spacial score (nSPS) is 13.8. The fraction of sp³-hybridized carbons (Fsp3) is 0.214. The Morgan fingerprint density at radius 3 is 2.06 bits per heavy atom. The van der Waals surface area contributed by atoms with Gasteiger partial charge < -0.3 is 9.64 Å². The molecule has 0 N–H and O–H groups in total. The summed E-state index contributed by atoms with van der Waals surface area (Å²) in [6, 6.07) is 24.8. The zero-order valence-electron chi connectivity index (χ0n) is 19.4. The lowest BCUT2D eigenvalue weighted by atomic mass is 10.0. The number of hydrogen-bond donors (Lipinski definition) is 0. The molecular formula is C28H28N2O3. The van der Waals surface area contributed by atoms with Crippen molar-refractivity contribution in [2.75, 3.05) is 19.1 Å². The fourth-order valence-corrected chi connectivity index (χ4v) is 4.07. The molecule has 3 aromatic carbocycles. The zero-order valence-corrected chi connectivity index (χ0v) is 19.4. The summed E-state index contributed by atoms with van der Waals surface area (Å²) in [4.78, 5) is 30.4.